The summed E-state index contributed by atoms with van der Waals surface area (Å²) in [7, 11) is 0. The summed E-state index contributed by atoms with van der Waals surface area (Å²) in [4.78, 5) is 14.6. The van der Waals surface area contributed by atoms with Crippen molar-refractivity contribution < 1.29 is 14.6 Å². The quantitative estimate of drug-likeness (QED) is 0.842. The summed E-state index contributed by atoms with van der Waals surface area (Å²) in [6.07, 6.45) is 4.28. The van der Waals surface area contributed by atoms with Gasteiger partial charge in [0.05, 0.1) is 0 Å². The lowest BCUT2D eigenvalue weighted by Crippen LogP contribution is -2.38. The lowest BCUT2D eigenvalue weighted by atomic mass is 9.93. The molecular formula is C12H16N2O3. The molecular weight excluding hydrogens is 220 g/mol. The van der Waals surface area contributed by atoms with Crippen LogP contribution in [0.5, 0.6) is 5.88 Å². The van der Waals surface area contributed by atoms with Crippen molar-refractivity contribution in [3.8, 4) is 5.88 Å². The Kier molecular flexibility index (Phi) is 3.80. The van der Waals surface area contributed by atoms with Gasteiger partial charge in [0.2, 0.25) is 5.88 Å². The Hall–Kier alpha value is -1.78. The topological polar surface area (TPSA) is 71.5 Å². The van der Waals surface area contributed by atoms with Crippen molar-refractivity contribution in [1.82, 2.24) is 10.3 Å². The number of aromatic nitrogens is 1. The van der Waals surface area contributed by atoms with Crippen LogP contribution in [0.4, 0.5) is 4.79 Å². The first-order valence-corrected chi connectivity index (χ1v) is 5.81. The van der Waals surface area contributed by atoms with Crippen molar-refractivity contribution in [2.75, 3.05) is 0 Å². The molecule has 1 amide bonds. The largest absolute Gasteiger partial charge is 0.474 e. The van der Waals surface area contributed by atoms with Crippen LogP contribution in [0.25, 0.3) is 0 Å². The van der Waals surface area contributed by atoms with Gasteiger partial charge in [0.25, 0.3) is 0 Å². The second kappa shape index (κ2) is 5.52. The summed E-state index contributed by atoms with van der Waals surface area (Å²) in [5, 5.41) is 11.1. The zero-order valence-electron chi connectivity index (χ0n) is 9.50. The standard InChI is InChI=1S/C12H16N2O3/c15-12(16)14-9-4-6-10(7-5-9)17-11-3-1-2-8-13-11/h1-3,8-10,14H,4-7H2,(H,15,16). The molecule has 0 radical (unpaired) electrons. The maximum absolute atomic E-state index is 10.5. The zero-order valence-corrected chi connectivity index (χ0v) is 9.50. The molecule has 92 valence electrons. The number of nitrogens with zero attached hydrogens (tertiary/aromatic N) is 1. The van der Waals surface area contributed by atoms with E-state index in [1.165, 1.54) is 0 Å². The average Bonchev–Trinajstić information content (AvgIpc) is 2.32. The fraction of sp³-hybridized carbons (Fsp3) is 0.500. The van der Waals surface area contributed by atoms with Crippen LogP contribution < -0.4 is 10.1 Å². The Morgan fingerprint density at radius 2 is 2.12 bits per heavy atom. The molecule has 17 heavy (non-hydrogen) atoms. The van der Waals surface area contributed by atoms with Crippen molar-refractivity contribution in [2.45, 2.75) is 37.8 Å². The van der Waals surface area contributed by atoms with Crippen LogP contribution >= 0.6 is 0 Å². The molecule has 0 bridgehead atoms. The Morgan fingerprint density at radius 3 is 2.71 bits per heavy atom. The van der Waals surface area contributed by atoms with Gasteiger partial charge >= 0.3 is 6.09 Å². The molecule has 1 fully saturated rings. The Morgan fingerprint density at radius 1 is 1.35 bits per heavy atom. The normalized spacial score (nSPS) is 24.0. The second-order valence-electron chi connectivity index (χ2n) is 4.21. The highest BCUT2D eigenvalue weighted by atomic mass is 16.5. The van der Waals surface area contributed by atoms with E-state index in [0.29, 0.717) is 5.88 Å². The minimum absolute atomic E-state index is 0.0658. The van der Waals surface area contributed by atoms with E-state index >= 15 is 0 Å². The van der Waals surface area contributed by atoms with Crippen LogP contribution in [0.15, 0.2) is 24.4 Å². The lowest BCUT2D eigenvalue weighted by Gasteiger charge is -2.28. The summed E-state index contributed by atoms with van der Waals surface area (Å²) in [5.74, 6) is 0.641. The summed E-state index contributed by atoms with van der Waals surface area (Å²) in [6, 6.07) is 5.64. The van der Waals surface area contributed by atoms with Gasteiger partial charge in [-0.15, -0.1) is 0 Å². The number of pyridine rings is 1. The van der Waals surface area contributed by atoms with E-state index in [1.54, 1.807) is 6.20 Å². The van der Waals surface area contributed by atoms with Gasteiger partial charge in [-0.1, -0.05) is 6.07 Å². The van der Waals surface area contributed by atoms with Crippen LogP contribution in [-0.2, 0) is 0 Å². The summed E-state index contributed by atoms with van der Waals surface area (Å²) < 4.78 is 5.72. The van der Waals surface area contributed by atoms with E-state index < -0.39 is 6.09 Å². The first-order chi connectivity index (χ1) is 8.24. The van der Waals surface area contributed by atoms with E-state index in [0.717, 1.165) is 25.7 Å². The molecule has 1 aromatic rings. The third-order valence-corrected chi connectivity index (χ3v) is 2.93. The van der Waals surface area contributed by atoms with Crippen LogP contribution in [-0.4, -0.2) is 28.3 Å². The number of carboxylic acid groups (broad SMARTS) is 1. The SMILES string of the molecule is O=C(O)NC1CCC(Oc2ccccn2)CC1. The monoisotopic (exact) mass is 236 g/mol. The maximum atomic E-state index is 10.5. The highest BCUT2D eigenvalue weighted by Crippen LogP contribution is 2.22. The third-order valence-electron chi connectivity index (χ3n) is 2.93. The highest BCUT2D eigenvalue weighted by molar-refractivity contribution is 5.64. The molecule has 5 heteroatoms. The molecule has 1 aromatic heterocycles. The zero-order chi connectivity index (χ0) is 12.1. The predicted molar refractivity (Wildman–Crippen MR) is 62.1 cm³/mol. The van der Waals surface area contributed by atoms with Gasteiger partial charge in [0.15, 0.2) is 0 Å². The van der Waals surface area contributed by atoms with Gasteiger partial charge in [-0.25, -0.2) is 9.78 Å². The number of hydrogen-bond acceptors (Lipinski definition) is 3. The first-order valence-electron chi connectivity index (χ1n) is 5.81. The molecule has 1 aliphatic rings. The molecule has 0 atom stereocenters. The Balaban J connectivity index is 1.78. The number of nitrogens with one attached hydrogen (secondary N) is 1. The maximum Gasteiger partial charge on any atom is 0.404 e. The average molecular weight is 236 g/mol. The van der Waals surface area contributed by atoms with E-state index in [1.807, 2.05) is 18.2 Å². The molecule has 0 aliphatic heterocycles. The number of amides is 1. The van der Waals surface area contributed by atoms with Crippen LogP contribution in [0, 0.1) is 0 Å². The van der Waals surface area contributed by atoms with Crippen LogP contribution in [0.1, 0.15) is 25.7 Å². The molecule has 1 aliphatic carbocycles. The molecule has 0 spiro atoms. The number of carbonyl (C=O) groups is 1. The van der Waals surface area contributed by atoms with Crippen molar-refractivity contribution in [2.24, 2.45) is 0 Å². The minimum Gasteiger partial charge on any atom is -0.474 e. The Labute approximate surface area is 99.8 Å². The van der Waals surface area contributed by atoms with Crippen molar-refractivity contribution in [3.63, 3.8) is 0 Å². The molecule has 1 heterocycles. The van der Waals surface area contributed by atoms with Gasteiger partial charge in [0.1, 0.15) is 6.10 Å². The highest BCUT2D eigenvalue weighted by Gasteiger charge is 2.23. The van der Waals surface area contributed by atoms with Gasteiger partial charge in [-0.3, -0.25) is 0 Å². The smallest absolute Gasteiger partial charge is 0.404 e. The first kappa shape index (κ1) is 11.7. The fourth-order valence-corrected chi connectivity index (χ4v) is 2.09. The van der Waals surface area contributed by atoms with Crippen LogP contribution in [0.3, 0.4) is 0 Å². The molecule has 1 saturated carbocycles. The van der Waals surface area contributed by atoms with Crippen molar-refractivity contribution in [1.29, 1.82) is 0 Å². The summed E-state index contributed by atoms with van der Waals surface area (Å²) in [5.41, 5.74) is 0. The fourth-order valence-electron chi connectivity index (χ4n) is 2.09. The molecule has 0 saturated heterocycles. The van der Waals surface area contributed by atoms with E-state index in [9.17, 15) is 4.79 Å². The van der Waals surface area contributed by atoms with E-state index in [2.05, 4.69) is 10.3 Å². The van der Waals surface area contributed by atoms with Gasteiger partial charge in [-0.05, 0) is 31.7 Å². The summed E-state index contributed by atoms with van der Waals surface area (Å²) in [6.45, 7) is 0. The molecule has 0 aromatic carbocycles. The van der Waals surface area contributed by atoms with Gasteiger partial charge in [-0.2, -0.15) is 0 Å². The molecule has 2 rings (SSSR count). The number of ether oxygens (including phenoxy) is 1. The molecule has 2 N–H and O–H groups in total. The van der Waals surface area contributed by atoms with Crippen molar-refractivity contribution >= 4 is 6.09 Å². The van der Waals surface area contributed by atoms with Gasteiger partial charge in [0, 0.05) is 18.3 Å². The van der Waals surface area contributed by atoms with E-state index in [4.69, 9.17) is 9.84 Å². The second-order valence-corrected chi connectivity index (χ2v) is 4.21. The third kappa shape index (κ3) is 3.62. The minimum atomic E-state index is -0.945. The van der Waals surface area contributed by atoms with Crippen molar-refractivity contribution in [3.05, 3.63) is 24.4 Å². The summed E-state index contributed by atoms with van der Waals surface area (Å²) >= 11 is 0. The molecule has 5 nitrogen and oxygen atoms in total. The molecule has 0 unspecified atom stereocenters. The lowest BCUT2D eigenvalue weighted by molar-refractivity contribution is 0.130. The number of hydrogen-bond donors (Lipinski definition) is 2. The van der Waals surface area contributed by atoms with Gasteiger partial charge < -0.3 is 15.2 Å². The number of rotatable bonds is 3. The Bertz CT molecular complexity index is 361. The predicted octanol–water partition coefficient (Wildman–Crippen LogP) is 2.04. The van der Waals surface area contributed by atoms with Crippen LogP contribution in [0.2, 0.25) is 0 Å². The van der Waals surface area contributed by atoms with E-state index in [-0.39, 0.29) is 12.1 Å².